The molecule has 6 N–H and O–H groups in total. The second-order valence-corrected chi connectivity index (χ2v) is 10.0. The molecule has 0 aromatic carbocycles. The number of cyclic esters (lactones) is 1. The number of allylic oxidation sites excluding steroid dienone is 1. The van der Waals surface area contributed by atoms with Gasteiger partial charge in [0.15, 0.2) is 0 Å². The smallest absolute Gasteiger partial charge is 0.325 e. The van der Waals surface area contributed by atoms with E-state index in [0.717, 1.165) is 0 Å². The van der Waals surface area contributed by atoms with Crippen LogP contribution in [0.1, 0.15) is 30.5 Å². The summed E-state index contributed by atoms with van der Waals surface area (Å²) in [6.45, 7) is 1.61. The first-order valence-electron chi connectivity index (χ1n) is 10.2. The minimum atomic E-state index is -1.02. The molecule has 2 aliphatic rings. The average molecular weight is 514 g/mol. The Morgan fingerprint density at radius 2 is 2.18 bits per heavy atom. The average Bonchev–Trinajstić information content (AvgIpc) is 3.41. The van der Waals surface area contributed by atoms with Crippen molar-refractivity contribution < 1.29 is 19.1 Å². The Balaban J connectivity index is 1.79. The molecule has 2 amide bonds. The normalized spacial score (nSPS) is 24.6. The maximum absolute atomic E-state index is 12.7. The third kappa shape index (κ3) is 6.62. The number of amides is 2. The molecule has 33 heavy (non-hydrogen) atoms. The van der Waals surface area contributed by atoms with Crippen molar-refractivity contribution >= 4 is 58.6 Å². The van der Waals surface area contributed by atoms with E-state index in [0.29, 0.717) is 39.4 Å². The van der Waals surface area contributed by atoms with E-state index >= 15 is 0 Å². The summed E-state index contributed by atoms with van der Waals surface area (Å²) in [7, 11) is 0. The fourth-order valence-corrected chi connectivity index (χ4v) is 5.33. The van der Waals surface area contributed by atoms with E-state index in [9.17, 15) is 14.4 Å². The van der Waals surface area contributed by atoms with Crippen molar-refractivity contribution in [2.45, 2.75) is 38.0 Å². The summed E-state index contributed by atoms with van der Waals surface area (Å²) in [5.74, 6) is 5.62. The number of rotatable bonds is 5. The number of fused-ring (bicyclic) bond motifs is 4. The summed E-state index contributed by atoms with van der Waals surface area (Å²) in [6.07, 6.45) is 0.870. The molecule has 2 aliphatic heterocycles. The second-order valence-electron chi connectivity index (χ2n) is 7.67. The van der Waals surface area contributed by atoms with Crippen molar-refractivity contribution in [3.05, 3.63) is 28.0 Å². The van der Waals surface area contributed by atoms with Gasteiger partial charge in [0.25, 0.3) is 0 Å². The number of hydrogen-bond acceptors (Lipinski definition) is 12. The number of nitrogens with one attached hydrogen (secondary N) is 2. The highest BCUT2D eigenvalue weighted by Crippen LogP contribution is 2.31. The van der Waals surface area contributed by atoms with Gasteiger partial charge in [-0.05, 0) is 19.1 Å². The molecule has 2 unspecified atom stereocenters. The maximum atomic E-state index is 12.7. The van der Waals surface area contributed by atoms with Gasteiger partial charge >= 0.3 is 5.97 Å². The zero-order chi connectivity index (χ0) is 24.0. The molecule has 3 rings (SSSR count). The van der Waals surface area contributed by atoms with Crippen molar-refractivity contribution in [2.24, 2.45) is 16.6 Å². The first-order chi connectivity index (χ1) is 15.7. The molecule has 4 bridgehead atoms. The monoisotopic (exact) mass is 513 g/mol. The summed E-state index contributed by atoms with van der Waals surface area (Å²) < 4.78 is 5.48. The van der Waals surface area contributed by atoms with Crippen LogP contribution < -0.4 is 22.2 Å². The van der Waals surface area contributed by atoms with Crippen molar-refractivity contribution in [3.8, 4) is 0 Å². The topological polar surface area (TPSA) is 165 Å². The van der Waals surface area contributed by atoms with Gasteiger partial charge in [-0.25, -0.2) is 10.8 Å². The quantitative estimate of drug-likeness (QED) is 0.154. The lowest BCUT2D eigenvalue weighted by molar-refractivity contribution is -0.151. The minimum absolute atomic E-state index is 0.0350. The molecule has 0 radical (unpaired) electrons. The van der Waals surface area contributed by atoms with Gasteiger partial charge in [-0.2, -0.15) is 12.6 Å². The number of esters is 1. The fraction of sp³-hybridized carbons (Fsp3) is 0.526. The molecule has 3 heterocycles. The number of aliphatic imine (C=N–C) groups is 1. The number of nitrogens with zero attached hydrogens (tertiary/aromatic N) is 3. The largest absolute Gasteiger partial charge is 0.459 e. The number of thioether (sulfide) groups is 1. The van der Waals surface area contributed by atoms with Crippen LogP contribution in [0.4, 0.5) is 0 Å². The molecule has 0 saturated carbocycles. The van der Waals surface area contributed by atoms with E-state index in [-0.39, 0.29) is 37.9 Å². The van der Waals surface area contributed by atoms with Crippen LogP contribution in [0.3, 0.4) is 0 Å². The highest BCUT2D eigenvalue weighted by molar-refractivity contribution is 8.14. The van der Waals surface area contributed by atoms with Gasteiger partial charge in [-0.3, -0.25) is 19.4 Å². The number of aromatic nitrogens is 1. The predicted molar refractivity (Wildman–Crippen MR) is 131 cm³/mol. The Bertz CT molecular complexity index is 967. The van der Waals surface area contributed by atoms with E-state index in [2.05, 4.69) is 33.2 Å². The number of nitrogens with two attached hydrogens (primary N) is 2. The number of thiazole rings is 1. The van der Waals surface area contributed by atoms with E-state index in [1.807, 2.05) is 5.38 Å². The summed E-state index contributed by atoms with van der Waals surface area (Å²) in [4.78, 5) is 46.8. The Morgan fingerprint density at radius 3 is 2.91 bits per heavy atom. The maximum Gasteiger partial charge on any atom is 0.325 e. The molecule has 0 saturated heterocycles. The molecule has 1 aromatic rings. The molecule has 2 atom stereocenters. The third-order valence-electron chi connectivity index (χ3n) is 4.97. The van der Waals surface area contributed by atoms with Gasteiger partial charge in [0, 0.05) is 23.0 Å². The number of carbonyl (C=O) groups is 3. The van der Waals surface area contributed by atoms with Crippen LogP contribution in [0.5, 0.6) is 0 Å². The molecular formula is C19H27N7O4S3. The summed E-state index contributed by atoms with van der Waals surface area (Å²) in [5, 5.41) is 9.91. The van der Waals surface area contributed by atoms with Crippen molar-refractivity contribution in [1.82, 2.24) is 20.6 Å². The van der Waals surface area contributed by atoms with Crippen LogP contribution in [-0.4, -0.2) is 69.1 Å². The second kappa shape index (κ2) is 11.2. The Morgan fingerprint density at radius 1 is 1.39 bits per heavy atom. The Labute approximate surface area is 205 Å². The van der Waals surface area contributed by atoms with Crippen molar-refractivity contribution in [1.29, 1.82) is 0 Å². The van der Waals surface area contributed by atoms with Crippen LogP contribution in [0.2, 0.25) is 0 Å². The molecule has 180 valence electrons. The third-order valence-corrected chi connectivity index (χ3v) is 7.32. The number of thiol groups is 1. The lowest BCUT2D eigenvalue weighted by atomic mass is 10.1. The zero-order valence-corrected chi connectivity index (χ0v) is 20.6. The predicted octanol–water partition coefficient (Wildman–Crippen LogP) is -0.261. The molecule has 0 aliphatic carbocycles. The Hall–Kier alpha value is -2.29. The van der Waals surface area contributed by atoms with Gasteiger partial charge in [0.2, 0.25) is 11.8 Å². The number of carbonyl (C=O) groups excluding carboxylic acids is 3. The van der Waals surface area contributed by atoms with E-state index in [1.165, 1.54) is 34.3 Å². The first-order valence-corrected chi connectivity index (χ1v) is 12.7. The number of hydrogen-bond donors (Lipinski definition) is 5. The number of hydrazine groups is 1. The van der Waals surface area contributed by atoms with Crippen molar-refractivity contribution in [3.63, 3.8) is 0 Å². The highest BCUT2D eigenvalue weighted by Gasteiger charge is 2.39. The van der Waals surface area contributed by atoms with Gasteiger partial charge in [-0.1, -0.05) is 0 Å². The highest BCUT2D eigenvalue weighted by atomic mass is 32.2. The molecule has 14 heteroatoms. The number of ether oxygens (including phenoxy) is 1. The van der Waals surface area contributed by atoms with Crippen molar-refractivity contribution in [2.75, 3.05) is 24.6 Å². The molecule has 1 aromatic heterocycles. The van der Waals surface area contributed by atoms with Crippen LogP contribution in [0, 0.1) is 0 Å². The van der Waals surface area contributed by atoms with Crippen LogP contribution >= 0.6 is 35.7 Å². The first kappa shape index (κ1) is 25.3. The zero-order valence-electron chi connectivity index (χ0n) is 18.1. The molecule has 0 spiro atoms. The van der Waals surface area contributed by atoms with Gasteiger partial charge in [0.1, 0.15) is 33.9 Å². The van der Waals surface area contributed by atoms with Gasteiger partial charge in [0.05, 0.1) is 19.5 Å². The summed E-state index contributed by atoms with van der Waals surface area (Å²) in [6, 6.07) is 0. The van der Waals surface area contributed by atoms with E-state index in [1.54, 1.807) is 6.92 Å². The molecule has 11 nitrogen and oxygen atoms in total. The lowest BCUT2D eigenvalue weighted by Gasteiger charge is -2.27. The lowest BCUT2D eigenvalue weighted by Crippen LogP contribution is -2.47. The van der Waals surface area contributed by atoms with E-state index in [4.69, 9.17) is 16.3 Å². The van der Waals surface area contributed by atoms with Crippen LogP contribution in [0.15, 0.2) is 22.3 Å². The van der Waals surface area contributed by atoms with Crippen LogP contribution in [0.25, 0.3) is 0 Å². The van der Waals surface area contributed by atoms with Gasteiger partial charge < -0.3 is 26.1 Å². The molecular weight excluding hydrogens is 486 g/mol. The standard InChI is InChI=1S/C19H27N7O4S3/c1-19-10-33-17(25-19)13-9-32-15(24-13)6-22-14(27)4-12(30-16(28)7-23-18(19)29)8-26(21)11(5-20)2-3-31/h5,9,12,31H,2-4,6-8,10,20-21H2,1H3,(H,22,27)(H,23,29)/b11-5-. The fourth-order valence-electron chi connectivity index (χ4n) is 3.18. The van der Waals surface area contributed by atoms with E-state index < -0.39 is 17.6 Å². The van der Waals surface area contributed by atoms with Gasteiger partial charge in [-0.15, -0.1) is 23.1 Å². The summed E-state index contributed by atoms with van der Waals surface area (Å²) >= 11 is 6.99. The molecule has 0 fully saturated rings. The Kier molecular flexibility index (Phi) is 8.62. The SMILES string of the molecule is CC12CSC(=N1)c1csc(n1)CNC(=O)CC(CN(N)/C(=C\N)CCS)OC(=O)CNC2=O. The minimum Gasteiger partial charge on any atom is -0.459 e. The summed E-state index contributed by atoms with van der Waals surface area (Å²) in [5.41, 5.74) is 5.87. The van der Waals surface area contributed by atoms with Crippen LogP contribution in [-0.2, 0) is 25.7 Å².